The van der Waals surface area contributed by atoms with Crippen LogP contribution in [0.1, 0.15) is 77.1 Å². The predicted molar refractivity (Wildman–Crippen MR) is 231 cm³/mol. The topological polar surface area (TPSA) is 135 Å². The van der Waals surface area contributed by atoms with Gasteiger partial charge >= 0.3 is 0 Å². The first-order valence-electron chi connectivity index (χ1n) is 21.6. The van der Waals surface area contributed by atoms with Crippen LogP contribution < -0.4 is 20.9 Å². The molecule has 61 heavy (non-hydrogen) atoms. The van der Waals surface area contributed by atoms with Crippen LogP contribution in [0, 0.1) is 11.6 Å². The Hall–Kier alpha value is -5.70. The van der Waals surface area contributed by atoms with E-state index in [2.05, 4.69) is 53.0 Å². The van der Waals surface area contributed by atoms with E-state index in [9.17, 15) is 23.2 Å². The van der Waals surface area contributed by atoms with Crippen molar-refractivity contribution < 1.29 is 27.9 Å². The number of piperazine rings is 1. The lowest BCUT2D eigenvalue weighted by molar-refractivity contribution is -0.134. The molecule has 14 heteroatoms. The SMILES string of the molecule is O=C1CCC(c2ccccc2CN2CCC(N3CCN(c4ccc(C(=O)Nc5n[nH]c6ccc(Cc7cc(F)cc(F)c7)cc56)c(NC5CCOCC5)c4)CC3)CC2)C(=O)N1. The summed E-state index contributed by atoms with van der Waals surface area (Å²) in [5.41, 5.74) is 6.63. The molecule has 0 spiro atoms. The summed E-state index contributed by atoms with van der Waals surface area (Å²) in [5.74, 6) is -1.81. The van der Waals surface area contributed by atoms with Gasteiger partial charge in [0, 0.05) is 87.3 Å². The number of rotatable bonds is 11. The Morgan fingerprint density at radius 2 is 1.59 bits per heavy atom. The molecule has 318 valence electrons. The van der Waals surface area contributed by atoms with Gasteiger partial charge in [0.2, 0.25) is 11.8 Å². The van der Waals surface area contributed by atoms with Crippen LogP contribution in [0.2, 0.25) is 0 Å². The fourth-order valence-electron chi connectivity index (χ4n) is 9.54. The van der Waals surface area contributed by atoms with Gasteiger partial charge in [-0.05, 0) is 116 Å². The summed E-state index contributed by atoms with van der Waals surface area (Å²) in [6.07, 6.45) is 5.12. The van der Waals surface area contributed by atoms with Gasteiger partial charge < -0.3 is 20.3 Å². The van der Waals surface area contributed by atoms with Gasteiger partial charge in [-0.25, -0.2) is 8.78 Å². The van der Waals surface area contributed by atoms with E-state index in [1.165, 1.54) is 17.7 Å². The van der Waals surface area contributed by atoms with Crippen molar-refractivity contribution in [1.29, 1.82) is 0 Å². The highest BCUT2D eigenvalue weighted by molar-refractivity contribution is 6.11. The molecule has 0 aliphatic carbocycles. The van der Waals surface area contributed by atoms with Gasteiger partial charge in [-0.2, -0.15) is 5.10 Å². The molecule has 4 saturated heterocycles. The van der Waals surface area contributed by atoms with Crippen LogP contribution in [0.15, 0.2) is 78.9 Å². The molecule has 4 N–H and O–H groups in total. The Balaban J connectivity index is 0.835. The standard InChI is InChI=1S/C47H52F2N8O4/c48-33-24-31(25-34(49)27-33)23-30-5-9-42-41(26-30)45(54-53-42)52-47(60)40-7-6-37(28-43(40)50-35-13-21-61-22-14-35)57-19-17-56(18-20-57)36-11-15-55(16-12-36)29-32-3-1-2-4-38(32)39-8-10-44(58)51-46(39)59/h1-7,9,24-28,35-36,39,50H,8,10-23,29H2,(H,51,58,59)(H2,52,53,54,60). The average molecular weight is 831 g/mol. The summed E-state index contributed by atoms with van der Waals surface area (Å²) in [4.78, 5) is 46.0. The number of aromatic nitrogens is 2. The van der Waals surface area contributed by atoms with Crippen LogP contribution in [0.5, 0.6) is 0 Å². The molecule has 1 aromatic heterocycles. The second-order valence-electron chi connectivity index (χ2n) is 16.9. The molecule has 9 rings (SSSR count). The second-order valence-corrected chi connectivity index (χ2v) is 16.9. The zero-order valence-electron chi connectivity index (χ0n) is 34.2. The van der Waals surface area contributed by atoms with Gasteiger partial charge in [-0.3, -0.25) is 34.6 Å². The number of halogens is 2. The van der Waals surface area contributed by atoms with Crippen LogP contribution in [0.3, 0.4) is 0 Å². The molecule has 4 aliphatic heterocycles. The average Bonchev–Trinajstić information content (AvgIpc) is 3.65. The highest BCUT2D eigenvalue weighted by atomic mass is 19.1. The van der Waals surface area contributed by atoms with E-state index >= 15 is 0 Å². The number of benzene rings is 4. The van der Waals surface area contributed by atoms with Crippen molar-refractivity contribution in [3.8, 4) is 0 Å². The molecule has 1 unspecified atom stereocenters. The molecule has 5 heterocycles. The van der Waals surface area contributed by atoms with Gasteiger partial charge in [0.15, 0.2) is 5.82 Å². The minimum absolute atomic E-state index is 0.172. The number of nitrogens with zero attached hydrogens (tertiary/aromatic N) is 4. The van der Waals surface area contributed by atoms with Crippen molar-refractivity contribution in [2.24, 2.45) is 0 Å². The van der Waals surface area contributed by atoms with Crippen LogP contribution >= 0.6 is 0 Å². The minimum atomic E-state index is -0.622. The number of H-pyrrole nitrogens is 1. The minimum Gasteiger partial charge on any atom is -0.381 e. The molecule has 0 bridgehead atoms. The first-order valence-corrected chi connectivity index (χ1v) is 21.6. The van der Waals surface area contributed by atoms with E-state index in [1.807, 2.05) is 48.5 Å². The molecular formula is C47H52F2N8O4. The maximum atomic E-state index is 14.0. The lowest BCUT2D eigenvalue weighted by Gasteiger charge is -2.43. The molecule has 4 fully saturated rings. The van der Waals surface area contributed by atoms with E-state index in [0.29, 0.717) is 60.8 Å². The Morgan fingerprint density at radius 3 is 2.36 bits per heavy atom. The fraction of sp³-hybridized carbons (Fsp3) is 0.404. The smallest absolute Gasteiger partial charge is 0.258 e. The zero-order valence-corrected chi connectivity index (χ0v) is 34.2. The van der Waals surface area contributed by atoms with Crippen molar-refractivity contribution in [1.82, 2.24) is 25.3 Å². The molecule has 5 aromatic rings. The van der Waals surface area contributed by atoms with Crippen molar-refractivity contribution >= 4 is 45.8 Å². The Morgan fingerprint density at radius 1 is 0.820 bits per heavy atom. The first kappa shape index (κ1) is 40.7. The third kappa shape index (κ3) is 9.46. The van der Waals surface area contributed by atoms with Crippen LogP contribution in [0.4, 0.5) is 26.0 Å². The van der Waals surface area contributed by atoms with Gasteiger partial charge in [-0.1, -0.05) is 30.3 Å². The van der Waals surface area contributed by atoms with Crippen LogP contribution in [0.25, 0.3) is 10.9 Å². The van der Waals surface area contributed by atoms with Crippen molar-refractivity contribution in [3.63, 3.8) is 0 Å². The Kier molecular flexibility index (Phi) is 12.1. The molecule has 0 radical (unpaired) electrons. The number of nitrogens with one attached hydrogen (secondary N) is 4. The Labute approximate surface area is 354 Å². The number of ether oxygens (including phenoxy) is 1. The normalized spacial score (nSPS) is 19.9. The molecule has 3 amide bonds. The number of piperidine rings is 2. The van der Waals surface area contributed by atoms with Crippen molar-refractivity contribution in [3.05, 3.63) is 118 Å². The number of anilines is 3. The van der Waals surface area contributed by atoms with Crippen LogP contribution in [-0.2, 0) is 27.3 Å². The fourth-order valence-corrected chi connectivity index (χ4v) is 9.54. The number of hydrogen-bond acceptors (Lipinski definition) is 9. The summed E-state index contributed by atoms with van der Waals surface area (Å²) in [5, 5.41) is 17.3. The highest BCUT2D eigenvalue weighted by Crippen LogP contribution is 2.32. The highest BCUT2D eigenvalue weighted by Gasteiger charge is 2.32. The molecule has 1 atom stereocenters. The Bertz CT molecular complexity index is 2380. The van der Waals surface area contributed by atoms with Gasteiger partial charge in [0.05, 0.1) is 17.0 Å². The summed E-state index contributed by atoms with van der Waals surface area (Å²) in [6.45, 7) is 7.78. The quantitative estimate of drug-likeness (QED) is 0.109. The van der Waals surface area contributed by atoms with E-state index in [0.717, 1.165) is 106 Å². The molecule has 0 saturated carbocycles. The summed E-state index contributed by atoms with van der Waals surface area (Å²) < 4.78 is 33.4. The van der Waals surface area contributed by atoms with Crippen molar-refractivity contribution in [2.45, 2.75) is 69.5 Å². The number of carbonyl (C=O) groups is 3. The summed E-state index contributed by atoms with van der Waals surface area (Å²) >= 11 is 0. The number of amides is 3. The maximum Gasteiger partial charge on any atom is 0.258 e. The van der Waals surface area contributed by atoms with Crippen LogP contribution in [-0.4, -0.2) is 102 Å². The summed E-state index contributed by atoms with van der Waals surface area (Å²) in [6, 6.07) is 24.0. The number of aromatic amines is 1. The number of imide groups is 1. The molecular weight excluding hydrogens is 779 g/mol. The zero-order chi connectivity index (χ0) is 41.9. The first-order chi connectivity index (χ1) is 29.7. The molecule has 12 nitrogen and oxygen atoms in total. The monoisotopic (exact) mass is 830 g/mol. The van der Waals surface area contributed by atoms with Gasteiger partial charge in [-0.15, -0.1) is 0 Å². The van der Waals surface area contributed by atoms with E-state index in [4.69, 9.17) is 4.74 Å². The van der Waals surface area contributed by atoms with Crippen molar-refractivity contribution in [2.75, 3.05) is 68.0 Å². The largest absolute Gasteiger partial charge is 0.381 e. The summed E-state index contributed by atoms with van der Waals surface area (Å²) in [7, 11) is 0. The van der Waals surface area contributed by atoms with Gasteiger partial charge in [0.25, 0.3) is 5.91 Å². The number of fused-ring (bicyclic) bond motifs is 1. The van der Waals surface area contributed by atoms with E-state index < -0.39 is 11.6 Å². The predicted octanol–water partition coefficient (Wildman–Crippen LogP) is 6.58. The third-order valence-electron chi connectivity index (χ3n) is 12.8. The maximum absolute atomic E-state index is 14.0. The van der Waals surface area contributed by atoms with Gasteiger partial charge in [0.1, 0.15) is 11.6 Å². The molecule has 4 aliphatic rings. The second kappa shape index (κ2) is 18.1. The lowest BCUT2D eigenvalue weighted by Crippen LogP contribution is -2.53. The number of likely N-dealkylation sites (tertiary alicyclic amines) is 1. The number of hydrogen-bond donors (Lipinski definition) is 4. The number of carbonyl (C=O) groups excluding carboxylic acids is 3. The van der Waals surface area contributed by atoms with E-state index in [1.54, 1.807) is 0 Å². The molecule has 4 aromatic carbocycles. The third-order valence-corrected chi connectivity index (χ3v) is 12.8. The van der Waals surface area contributed by atoms with E-state index in [-0.39, 0.29) is 29.7 Å². The lowest BCUT2D eigenvalue weighted by atomic mass is 9.87.